The summed E-state index contributed by atoms with van der Waals surface area (Å²) < 4.78 is 0. The van der Waals surface area contributed by atoms with E-state index in [1.165, 1.54) is 17.7 Å². The lowest BCUT2D eigenvalue weighted by Gasteiger charge is -2.20. The highest BCUT2D eigenvalue weighted by atomic mass is 15.2. The maximum atomic E-state index is 4.08. The average Bonchev–Trinajstić information content (AvgIpc) is 2.60. The molecule has 0 aliphatic carbocycles. The van der Waals surface area contributed by atoms with Crippen LogP contribution in [-0.4, -0.2) is 18.0 Å². The first kappa shape index (κ1) is 12.1. The molecule has 0 aromatic heterocycles. The van der Waals surface area contributed by atoms with Crippen LogP contribution in [0.2, 0.25) is 0 Å². The molecule has 15 heavy (non-hydrogen) atoms. The summed E-state index contributed by atoms with van der Waals surface area (Å²) in [5.74, 6) is 1.32. The Hall–Kier alpha value is -0.980. The molecule has 1 heteroatoms. The summed E-state index contributed by atoms with van der Waals surface area (Å²) in [6.07, 6.45) is 5.42. The van der Waals surface area contributed by atoms with Crippen molar-refractivity contribution in [1.82, 2.24) is 4.90 Å². The summed E-state index contributed by atoms with van der Waals surface area (Å²) >= 11 is 0. The lowest BCUT2D eigenvalue weighted by atomic mass is 10.0. The molecule has 0 amide bonds. The molecular weight excluding hydrogens is 182 g/mol. The molecular formula is C14H23N. The predicted octanol–water partition coefficient (Wildman–Crippen LogP) is 3.61. The zero-order valence-corrected chi connectivity index (χ0v) is 10.3. The van der Waals surface area contributed by atoms with E-state index in [0.717, 1.165) is 19.0 Å². The van der Waals surface area contributed by atoms with Gasteiger partial charge in [0.15, 0.2) is 0 Å². The smallest absolute Gasteiger partial charge is 0.0362 e. The van der Waals surface area contributed by atoms with Gasteiger partial charge in [0, 0.05) is 18.8 Å². The molecule has 0 unspecified atom stereocenters. The molecule has 1 nitrogen and oxygen atoms in total. The van der Waals surface area contributed by atoms with E-state index in [9.17, 15) is 0 Å². The Morgan fingerprint density at radius 1 is 1.47 bits per heavy atom. The summed E-state index contributed by atoms with van der Waals surface area (Å²) in [6.45, 7) is 16.9. The summed E-state index contributed by atoms with van der Waals surface area (Å²) in [7, 11) is 0. The molecule has 0 aromatic rings. The molecule has 0 radical (unpaired) electrons. The minimum atomic E-state index is 0.514. The van der Waals surface area contributed by atoms with Gasteiger partial charge in [-0.05, 0) is 30.4 Å². The monoisotopic (exact) mass is 205 g/mol. The van der Waals surface area contributed by atoms with Crippen molar-refractivity contribution in [2.75, 3.05) is 13.1 Å². The minimum absolute atomic E-state index is 0.514. The molecule has 0 aromatic carbocycles. The Morgan fingerprint density at radius 2 is 2.13 bits per heavy atom. The quantitative estimate of drug-likeness (QED) is 0.634. The molecule has 1 atom stereocenters. The van der Waals surface area contributed by atoms with Gasteiger partial charge in [0.05, 0.1) is 0 Å². The van der Waals surface area contributed by atoms with Crippen molar-refractivity contribution in [3.8, 4) is 0 Å². The third kappa shape index (κ3) is 3.26. The highest BCUT2D eigenvalue weighted by molar-refractivity contribution is 5.28. The van der Waals surface area contributed by atoms with Crippen LogP contribution >= 0.6 is 0 Å². The first-order chi connectivity index (χ1) is 7.04. The van der Waals surface area contributed by atoms with Gasteiger partial charge in [-0.15, -0.1) is 0 Å². The van der Waals surface area contributed by atoms with E-state index < -0.39 is 0 Å². The van der Waals surface area contributed by atoms with Gasteiger partial charge in [-0.3, -0.25) is 0 Å². The van der Waals surface area contributed by atoms with Gasteiger partial charge < -0.3 is 4.90 Å². The molecule has 1 heterocycles. The fourth-order valence-electron chi connectivity index (χ4n) is 1.81. The van der Waals surface area contributed by atoms with Crippen LogP contribution < -0.4 is 0 Å². The molecule has 0 spiro atoms. The van der Waals surface area contributed by atoms with Crippen molar-refractivity contribution in [2.24, 2.45) is 11.8 Å². The van der Waals surface area contributed by atoms with Crippen LogP contribution in [0.5, 0.6) is 0 Å². The molecule has 0 bridgehead atoms. The molecule has 1 fully saturated rings. The van der Waals surface area contributed by atoms with Gasteiger partial charge in [-0.2, -0.15) is 0 Å². The normalized spacial score (nSPS) is 22.3. The molecule has 0 saturated carbocycles. The second-order valence-corrected chi connectivity index (χ2v) is 4.84. The number of rotatable bonds is 4. The van der Waals surface area contributed by atoms with E-state index in [0.29, 0.717) is 5.92 Å². The first-order valence-corrected chi connectivity index (χ1v) is 5.82. The lowest BCUT2D eigenvalue weighted by Crippen LogP contribution is -2.18. The van der Waals surface area contributed by atoms with Crippen molar-refractivity contribution in [3.05, 3.63) is 36.6 Å². The zero-order valence-electron chi connectivity index (χ0n) is 10.3. The van der Waals surface area contributed by atoms with Crippen molar-refractivity contribution < 1.29 is 0 Å². The molecule has 1 aliphatic rings. The minimum Gasteiger partial charge on any atom is -0.371 e. The average molecular weight is 205 g/mol. The standard InChI is InChI=1S/C14H23N/c1-6-14(9-13(5)11(2)3)15-8-7-12(4)10-15/h6,9,11-12H,1,5,7-8,10H2,2-4H3/b14-9+/t12-/m1/s1. The summed E-state index contributed by atoms with van der Waals surface area (Å²) in [6, 6.07) is 0. The number of hydrogen-bond acceptors (Lipinski definition) is 1. The van der Waals surface area contributed by atoms with Crippen LogP contribution in [0, 0.1) is 11.8 Å². The first-order valence-electron chi connectivity index (χ1n) is 5.82. The predicted molar refractivity (Wildman–Crippen MR) is 67.6 cm³/mol. The van der Waals surface area contributed by atoms with Gasteiger partial charge in [-0.1, -0.05) is 39.5 Å². The topological polar surface area (TPSA) is 3.24 Å². The van der Waals surface area contributed by atoms with Gasteiger partial charge in [0.25, 0.3) is 0 Å². The van der Waals surface area contributed by atoms with Gasteiger partial charge in [0.1, 0.15) is 0 Å². The second kappa shape index (κ2) is 5.20. The Balaban J connectivity index is 2.71. The zero-order chi connectivity index (χ0) is 11.4. The maximum Gasteiger partial charge on any atom is 0.0362 e. The number of likely N-dealkylation sites (tertiary alicyclic amines) is 1. The van der Waals surface area contributed by atoms with Gasteiger partial charge >= 0.3 is 0 Å². The van der Waals surface area contributed by atoms with E-state index in [2.05, 4.69) is 44.9 Å². The van der Waals surface area contributed by atoms with E-state index in [1.807, 2.05) is 6.08 Å². The van der Waals surface area contributed by atoms with Crippen LogP contribution in [0.4, 0.5) is 0 Å². The molecule has 0 N–H and O–H groups in total. The Labute approximate surface area is 94.2 Å². The largest absolute Gasteiger partial charge is 0.371 e. The Bertz CT molecular complexity index is 273. The Morgan fingerprint density at radius 3 is 2.53 bits per heavy atom. The summed E-state index contributed by atoms with van der Waals surface area (Å²) in [5.41, 5.74) is 2.42. The lowest BCUT2D eigenvalue weighted by molar-refractivity contribution is 0.422. The van der Waals surface area contributed by atoms with Crippen molar-refractivity contribution in [3.63, 3.8) is 0 Å². The van der Waals surface area contributed by atoms with E-state index >= 15 is 0 Å². The number of hydrogen-bond donors (Lipinski definition) is 0. The Kier molecular flexibility index (Phi) is 4.19. The molecule has 1 saturated heterocycles. The number of nitrogens with zero attached hydrogens (tertiary/aromatic N) is 1. The highest BCUT2D eigenvalue weighted by Gasteiger charge is 2.19. The molecule has 1 aliphatic heterocycles. The van der Waals surface area contributed by atoms with Crippen LogP contribution in [0.3, 0.4) is 0 Å². The van der Waals surface area contributed by atoms with Gasteiger partial charge in [0.2, 0.25) is 0 Å². The second-order valence-electron chi connectivity index (χ2n) is 4.84. The molecule has 1 rings (SSSR count). The third-order valence-corrected chi connectivity index (χ3v) is 3.07. The van der Waals surface area contributed by atoms with E-state index in [1.54, 1.807) is 0 Å². The maximum absolute atomic E-state index is 4.08. The van der Waals surface area contributed by atoms with Crippen LogP contribution in [0.15, 0.2) is 36.6 Å². The van der Waals surface area contributed by atoms with Crippen LogP contribution in [0.1, 0.15) is 27.2 Å². The van der Waals surface area contributed by atoms with Crippen LogP contribution in [0.25, 0.3) is 0 Å². The number of allylic oxidation sites excluding steroid dienone is 3. The van der Waals surface area contributed by atoms with Crippen molar-refractivity contribution >= 4 is 0 Å². The van der Waals surface area contributed by atoms with Crippen molar-refractivity contribution in [1.29, 1.82) is 0 Å². The summed E-state index contributed by atoms with van der Waals surface area (Å²) in [4.78, 5) is 2.41. The van der Waals surface area contributed by atoms with E-state index in [-0.39, 0.29) is 0 Å². The SMILES string of the molecule is C=C/C(=C\C(=C)C(C)C)N1CC[C@@H](C)C1. The highest BCUT2D eigenvalue weighted by Crippen LogP contribution is 2.22. The molecule has 84 valence electrons. The van der Waals surface area contributed by atoms with Crippen LogP contribution in [-0.2, 0) is 0 Å². The fraction of sp³-hybridized carbons (Fsp3) is 0.571. The van der Waals surface area contributed by atoms with Crippen molar-refractivity contribution in [2.45, 2.75) is 27.2 Å². The summed E-state index contributed by atoms with van der Waals surface area (Å²) in [5, 5.41) is 0. The van der Waals surface area contributed by atoms with E-state index in [4.69, 9.17) is 0 Å². The third-order valence-electron chi connectivity index (χ3n) is 3.07. The fourth-order valence-corrected chi connectivity index (χ4v) is 1.81. The van der Waals surface area contributed by atoms with Gasteiger partial charge in [-0.25, -0.2) is 0 Å².